The fraction of sp³-hybridized carbons (Fsp3) is 0.348. The van der Waals surface area contributed by atoms with Crippen LogP contribution in [0.2, 0.25) is 0 Å². The predicted molar refractivity (Wildman–Crippen MR) is 127 cm³/mol. The number of nitrogens with zero attached hydrogens (tertiary/aromatic N) is 2. The minimum absolute atomic E-state index is 0. The molecule has 0 bridgehead atoms. The van der Waals surface area contributed by atoms with E-state index in [2.05, 4.69) is 12.2 Å². The lowest BCUT2D eigenvalue weighted by molar-refractivity contribution is 0.429. The van der Waals surface area contributed by atoms with Crippen molar-refractivity contribution in [3.63, 3.8) is 0 Å². The molecule has 1 atom stereocenters. The van der Waals surface area contributed by atoms with E-state index in [9.17, 15) is 13.2 Å². The van der Waals surface area contributed by atoms with Crippen molar-refractivity contribution >= 4 is 33.2 Å². The molecule has 1 fully saturated rings. The minimum atomic E-state index is -3.70. The molecule has 0 spiro atoms. The van der Waals surface area contributed by atoms with E-state index in [0.29, 0.717) is 37.0 Å². The molecule has 0 radical (unpaired) electrons. The molecule has 4 rings (SSSR count). The molecule has 0 amide bonds. The highest BCUT2D eigenvalue weighted by Crippen LogP contribution is 2.27. The summed E-state index contributed by atoms with van der Waals surface area (Å²) in [5, 5.41) is 4.29. The maximum atomic E-state index is 13.5. The number of sulfonamides is 1. The number of aromatic nitrogens is 1. The number of hydrogen-bond acceptors (Lipinski definition) is 4. The number of pyridine rings is 1. The van der Waals surface area contributed by atoms with Crippen molar-refractivity contribution in [2.45, 2.75) is 37.8 Å². The van der Waals surface area contributed by atoms with Crippen LogP contribution in [-0.2, 0) is 16.6 Å². The monoisotopic (exact) mass is 461 g/mol. The van der Waals surface area contributed by atoms with Crippen LogP contribution in [0.3, 0.4) is 0 Å². The van der Waals surface area contributed by atoms with Gasteiger partial charge in [-0.3, -0.25) is 4.79 Å². The maximum Gasteiger partial charge on any atom is 0.258 e. The van der Waals surface area contributed by atoms with Gasteiger partial charge in [0.2, 0.25) is 10.0 Å². The van der Waals surface area contributed by atoms with Gasteiger partial charge in [0.05, 0.1) is 11.4 Å². The summed E-state index contributed by atoms with van der Waals surface area (Å²) in [5.74, 6) is 0. The fourth-order valence-electron chi connectivity index (χ4n) is 4.11. The first-order chi connectivity index (χ1) is 14.4. The van der Waals surface area contributed by atoms with Gasteiger partial charge in [-0.1, -0.05) is 36.4 Å². The third-order valence-corrected chi connectivity index (χ3v) is 7.68. The van der Waals surface area contributed by atoms with Crippen molar-refractivity contribution in [2.75, 3.05) is 19.6 Å². The Kier molecular flexibility index (Phi) is 7.21. The van der Waals surface area contributed by atoms with Crippen molar-refractivity contribution in [1.29, 1.82) is 0 Å². The van der Waals surface area contributed by atoms with Gasteiger partial charge in [-0.2, -0.15) is 4.31 Å². The van der Waals surface area contributed by atoms with Crippen molar-refractivity contribution in [3.05, 3.63) is 76.2 Å². The van der Waals surface area contributed by atoms with E-state index in [1.807, 2.05) is 37.3 Å². The Labute approximate surface area is 189 Å². The topological polar surface area (TPSA) is 71.4 Å². The van der Waals surface area contributed by atoms with E-state index < -0.39 is 10.0 Å². The van der Waals surface area contributed by atoms with Crippen LogP contribution in [0.1, 0.15) is 24.5 Å². The number of halogens is 1. The second-order valence-electron chi connectivity index (χ2n) is 7.96. The summed E-state index contributed by atoms with van der Waals surface area (Å²) in [4.78, 5) is 13.4. The minimum Gasteiger partial charge on any atom is -0.313 e. The van der Waals surface area contributed by atoms with E-state index in [-0.39, 0.29) is 28.9 Å². The van der Waals surface area contributed by atoms with E-state index >= 15 is 0 Å². The molecule has 0 aliphatic carbocycles. The zero-order valence-corrected chi connectivity index (χ0v) is 19.4. The van der Waals surface area contributed by atoms with Gasteiger partial charge >= 0.3 is 0 Å². The fourth-order valence-corrected chi connectivity index (χ4v) is 5.84. The van der Waals surface area contributed by atoms with Crippen LogP contribution < -0.4 is 10.9 Å². The van der Waals surface area contributed by atoms with E-state index in [1.165, 1.54) is 4.31 Å². The van der Waals surface area contributed by atoms with Crippen LogP contribution in [0.15, 0.2) is 64.4 Å². The standard InChI is InChI=1S/C23H27N3O3S.ClH/c1-17-15-25(16-19-7-4-3-5-8-19)23(27)20-9-6-10-21(22(17)20)30(28,29)26-13-11-18(2)24-12-14-26;/h3-10,15,18,24H,11-14,16H2,1-2H3;1H. The van der Waals surface area contributed by atoms with Crippen molar-refractivity contribution in [1.82, 2.24) is 14.2 Å². The van der Waals surface area contributed by atoms with Crippen molar-refractivity contribution in [2.24, 2.45) is 0 Å². The molecular formula is C23H28ClN3O3S. The molecule has 1 unspecified atom stereocenters. The van der Waals surface area contributed by atoms with E-state index in [4.69, 9.17) is 0 Å². The van der Waals surface area contributed by atoms with E-state index in [1.54, 1.807) is 29.0 Å². The maximum absolute atomic E-state index is 13.5. The Morgan fingerprint density at radius 2 is 1.81 bits per heavy atom. The van der Waals surface area contributed by atoms with Crippen LogP contribution in [0.4, 0.5) is 0 Å². The number of aryl methyl sites for hydroxylation is 1. The van der Waals surface area contributed by atoms with Crippen molar-refractivity contribution in [3.8, 4) is 0 Å². The number of hydrogen-bond donors (Lipinski definition) is 1. The third kappa shape index (κ3) is 4.70. The molecule has 1 aromatic heterocycles. The smallest absolute Gasteiger partial charge is 0.258 e. The number of rotatable bonds is 4. The third-order valence-electron chi connectivity index (χ3n) is 5.74. The quantitative estimate of drug-likeness (QED) is 0.647. The van der Waals surface area contributed by atoms with Gasteiger partial charge in [-0.05, 0) is 43.5 Å². The highest BCUT2D eigenvalue weighted by molar-refractivity contribution is 7.89. The SMILES string of the molecule is Cc1cn(Cc2ccccc2)c(=O)c2cccc(S(=O)(=O)N3CCNC(C)CC3)c12.Cl. The lowest BCUT2D eigenvalue weighted by atomic mass is 10.1. The predicted octanol–water partition coefficient (Wildman–Crippen LogP) is 3.15. The normalized spacial score (nSPS) is 17.8. The zero-order valence-electron chi connectivity index (χ0n) is 17.7. The summed E-state index contributed by atoms with van der Waals surface area (Å²) in [7, 11) is -3.70. The molecule has 1 N–H and O–H groups in total. The Morgan fingerprint density at radius 3 is 2.55 bits per heavy atom. The molecule has 31 heavy (non-hydrogen) atoms. The molecule has 2 aromatic carbocycles. The van der Waals surface area contributed by atoms with Gasteiger partial charge in [0.15, 0.2) is 0 Å². The first kappa shape index (κ1) is 23.5. The molecular weight excluding hydrogens is 434 g/mol. The Balaban J connectivity index is 0.00000272. The van der Waals surface area contributed by atoms with Crippen LogP contribution >= 0.6 is 12.4 Å². The van der Waals surface area contributed by atoms with Gasteiger partial charge in [-0.15, -0.1) is 12.4 Å². The number of fused-ring (bicyclic) bond motifs is 1. The van der Waals surface area contributed by atoms with E-state index in [0.717, 1.165) is 17.5 Å². The number of nitrogens with one attached hydrogen (secondary N) is 1. The molecule has 3 aromatic rings. The number of benzene rings is 2. The molecule has 1 aliphatic heterocycles. The van der Waals surface area contributed by atoms with Crippen LogP contribution in [0.5, 0.6) is 0 Å². The Morgan fingerprint density at radius 1 is 1.06 bits per heavy atom. The average Bonchev–Trinajstić information content (AvgIpc) is 2.97. The highest BCUT2D eigenvalue weighted by atomic mass is 35.5. The largest absolute Gasteiger partial charge is 0.313 e. The van der Waals surface area contributed by atoms with Gasteiger partial charge < -0.3 is 9.88 Å². The summed E-state index contributed by atoms with van der Waals surface area (Å²) in [5.41, 5.74) is 1.62. The van der Waals surface area contributed by atoms with Crippen LogP contribution in [0, 0.1) is 6.92 Å². The lowest BCUT2D eigenvalue weighted by Gasteiger charge is -2.21. The molecule has 1 aliphatic rings. The van der Waals surface area contributed by atoms with Gasteiger partial charge in [0, 0.05) is 42.6 Å². The van der Waals surface area contributed by atoms with Crippen LogP contribution in [0.25, 0.3) is 10.8 Å². The lowest BCUT2D eigenvalue weighted by Crippen LogP contribution is -2.34. The molecule has 1 saturated heterocycles. The Bertz CT molecular complexity index is 1230. The molecule has 166 valence electrons. The highest BCUT2D eigenvalue weighted by Gasteiger charge is 2.29. The summed E-state index contributed by atoms with van der Waals surface area (Å²) >= 11 is 0. The Hall–Kier alpha value is -2.19. The molecule has 8 heteroatoms. The molecule has 0 saturated carbocycles. The first-order valence-electron chi connectivity index (χ1n) is 10.3. The van der Waals surface area contributed by atoms with Crippen LogP contribution in [-0.4, -0.2) is 43.0 Å². The summed E-state index contributed by atoms with van der Waals surface area (Å²) in [6, 6.07) is 15.1. The molecule has 2 heterocycles. The van der Waals surface area contributed by atoms with Crippen molar-refractivity contribution < 1.29 is 8.42 Å². The summed E-state index contributed by atoms with van der Waals surface area (Å²) in [6.45, 7) is 5.89. The summed E-state index contributed by atoms with van der Waals surface area (Å²) in [6.07, 6.45) is 2.52. The zero-order chi connectivity index (χ0) is 21.3. The second kappa shape index (κ2) is 9.53. The second-order valence-corrected chi connectivity index (χ2v) is 9.86. The molecule has 6 nitrogen and oxygen atoms in total. The summed E-state index contributed by atoms with van der Waals surface area (Å²) < 4.78 is 30.2. The van der Waals surface area contributed by atoms with Gasteiger partial charge in [-0.25, -0.2) is 8.42 Å². The average molecular weight is 462 g/mol. The first-order valence-corrected chi connectivity index (χ1v) is 11.7. The van der Waals surface area contributed by atoms with Gasteiger partial charge in [0.1, 0.15) is 0 Å². The van der Waals surface area contributed by atoms with Gasteiger partial charge in [0.25, 0.3) is 5.56 Å².